The van der Waals surface area contributed by atoms with Crippen LogP contribution in [-0.2, 0) is 9.59 Å². The van der Waals surface area contributed by atoms with Gasteiger partial charge in [0.1, 0.15) is 5.78 Å². The summed E-state index contributed by atoms with van der Waals surface area (Å²) in [6, 6.07) is 0.208. The predicted octanol–water partition coefficient (Wildman–Crippen LogP) is 5.13. The fraction of sp³-hybridized carbons (Fsp3) is 0.926. The largest absolute Gasteiger partial charge is 0.393 e. The van der Waals surface area contributed by atoms with Crippen LogP contribution >= 0.6 is 0 Å². The summed E-state index contributed by atoms with van der Waals surface area (Å²) in [4.78, 5) is 24.3. The highest BCUT2D eigenvalue weighted by molar-refractivity contribution is 5.79. The number of aliphatic hydroxyl groups excluding tert-OH is 1. The highest BCUT2D eigenvalue weighted by Crippen LogP contribution is 2.68. The smallest absolute Gasteiger partial charge is 0.220 e. The zero-order valence-corrected chi connectivity index (χ0v) is 20.5. The summed E-state index contributed by atoms with van der Waals surface area (Å²) in [5.41, 5.74) is 0.515. The van der Waals surface area contributed by atoms with Gasteiger partial charge in [-0.05, 0) is 105 Å². The van der Waals surface area contributed by atoms with E-state index in [0.29, 0.717) is 54.1 Å². The number of aliphatic hydroxyl groups is 1. The van der Waals surface area contributed by atoms with E-state index in [-0.39, 0.29) is 28.9 Å². The molecule has 1 amide bonds. The summed E-state index contributed by atoms with van der Waals surface area (Å²) in [5.74, 6) is 3.71. The monoisotopic (exact) mass is 431 g/mol. The lowest BCUT2D eigenvalue weighted by Gasteiger charge is -2.62. The molecular formula is C27H45NO3. The Morgan fingerprint density at radius 2 is 1.81 bits per heavy atom. The van der Waals surface area contributed by atoms with Crippen LogP contribution in [-0.4, -0.2) is 28.9 Å². The zero-order valence-electron chi connectivity index (χ0n) is 20.5. The number of amides is 1. The molecule has 4 aliphatic rings. The average molecular weight is 432 g/mol. The first-order chi connectivity index (χ1) is 14.6. The number of ketones is 1. The van der Waals surface area contributed by atoms with E-state index in [4.69, 9.17) is 0 Å². The maximum Gasteiger partial charge on any atom is 0.220 e. The van der Waals surface area contributed by atoms with E-state index >= 15 is 0 Å². The SMILES string of the molecule is CC(C)NC(=O)CC[C@@H](C)[C@H]1CCC2C3C(CC[C@@]21C)[C@@]1(C)CCC(=O)CC1C[C@H]3O. The van der Waals surface area contributed by atoms with E-state index in [1.807, 2.05) is 13.8 Å². The fourth-order valence-electron chi connectivity index (χ4n) is 8.94. The first kappa shape index (κ1) is 23.3. The van der Waals surface area contributed by atoms with Crippen LogP contribution in [0.4, 0.5) is 0 Å². The molecule has 0 heterocycles. The van der Waals surface area contributed by atoms with Gasteiger partial charge in [-0.1, -0.05) is 20.8 Å². The van der Waals surface area contributed by atoms with Gasteiger partial charge in [0.2, 0.25) is 5.91 Å². The summed E-state index contributed by atoms with van der Waals surface area (Å²) in [5, 5.41) is 14.4. The van der Waals surface area contributed by atoms with Crippen molar-refractivity contribution in [3.8, 4) is 0 Å². The van der Waals surface area contributed by atoms with Crippen molar-refractivity contribution in [3.63, 3.8) is 0 Å². The van der Waals surface area contributed by atoms with Crippen LogP contribution in [0.15, 0.2) is 0 Å². The van der Waals surface area contributed by atoms with Gasteiger partial charge in [-0.2, -0.15) is 0 Å². The molecule has 0 spiro atoms. The summed E-state index contributed by atoms with van der Waals surface area (Å²) in [6.45, 7) is 11.3. The number of Topliss-reactive ketones (excluding diaryl/α,β-unsaturated/α-hetero) is 1. The number of carbonyl (C=O) groups is 2. The lowest BCUT2D eigenvalue weighted by atomic mass is 9.44. The molecule has 0 aromatic carbocycles. The van der Waals surface area contributed by atoms with E-state index in [0.717, 1.165) is 25.7 Å². The van der Waals surface area contributed by atoms with E-state index in [1.165, 1.54) is 25.7 Å². The van der Waals surface area contributed by atoms with Crippen LogP contribution < -0.4 is 5.32 Å². The van der Waals surface area contributed by atoms with E-state index in [9.17, 15) is 14.7 Å². The Morgan fingerprint density at radius 1 is 1.10 bits per heavy atom. The molecule has 0 aliphatic heterocycles. The lowest BCUT2D eigenvalue weighted by Crippen LogP contribution is -2.58. The van der Waals surface area contributed by atoms with Crippen LogP contribution in [0.25, 0.3) is 0 Å². The second-order valence-electron chi connectivity index (χ2n) is 12.5. The molecule has 0 radical (unpaired) electrons. The molecule has 4 nitrogen and oxygen atoms in total. The third kappa shape index (κ3) is 4.00. The molecule has 9 atom stereocenters. The molecule has 31 heavy (non-hydrogen) atoms. The third-order valence-electron chi connectivity index (χ3n) is 10.5. The first-order valence-corrected chi connectivity index (χ1v) is 13.1. The number of fused-ring (bicyclic) bond motifs is 5. The number of hydrogen-bond acceptors (Lipinski definition) is 3. The number of nitrogens with one attached hydrogen (secondary N) is 1. The van der Waals surface area contributed by atoms with Gasteiger partial charge in [0.15, 0.2) is 0 Å². The molecule has 2 N–H and O–H groups in total. The van der Waals surface area contributed by atoms with Gasteiger partial charge >= 0.3 is 0 Å². The molecule has 176 valence electrons. The van der Waals surface area contributed by atoms with E-state index < -0.39 is 0 Å². The zero-order chi connectivity index (χ0) is 22.6. The minimum Gasteiger partial charge on any atom is -0.393 e. The standard InChI is InChI=1S/C27H45NO3/c1-16(2)28-24(31)9-6-17(3)20-7-8-21-25-22(11-13-27(20,21)5)26(4)12-10-19(29)14-18(26)15-23(25)30/h16-18,20-23,25,30H,6-15H2,1-5H3,(H,28,31)/t17-,18?,20-,21?,22?,23-,25?,26+,27-/m1/s1. The van der Waals surface area contributed by atoms with Crippen LogP contribution in [0.2, 0.25) is 0 Å². The van der Waals surface area contributed by atoms with Crippen LogP contribution in [0.1, 0.15) is 98.8 Å². The molecule has 0 bridgehead atoms. The number of rotatable bonds is 5. The van der Waals surface area contributed by atoms with Crippen molar-refractivity contribution in [1.82, 2.24) is 5.32 Å². The van der Waals surface area contributed by atoms with Crippen molar-refractivity contribution in [2.45, 2.75) is 111 Å². The summed E-state index contributed by atoms with van der Waals surface area (Å²) < 4.78 is 0. The Balaban J connectivity index is 1.48. The number of hydrogen-bond donors (Lipinski definition) is 2. The quantitative estimate of drug-likeness (QED) is 0.634. The Labute approximate surface area is 189 Å². The molecule has 4 rings (SSSR count). The second kappa shape index (κ2) is 8.47. The van der Waals surface area contributed by atoms with Gasteiger partial charge in [0.05, 0.1) is 6.10 Å². The van der Waals surface area contributed by atoms with Crippen molar-refractivity contribution in [2.75, 3.05) is 0 Å². The van der Waals surface area contributed by atoms with E-state index in [2.05, 4.69) is 26.1 Å². The number of carbonyl (C=O) groups excluding carboxylic acids is 2. The second-order valence-corrected chi connectivity index (χ2v) is 12.5. The summed E-state index contributed by atoms with van der Waals surface area (Å²) in [6.07, 6.45) is 9.53. The molecule has 4 fully saturated rings. The highest BCUT2D eigenvalue weighted by atomic mass is 16.3. The van der Waals surface area contributed by atoms with Crippen LogP contribution in [0.3, 0.4) is 0 Å². The minimum atomic E-state index is -0.246. The predicted molar refractivity (Wildman–Crippen MR) is 123 cm³/mol. The van der Waals surface area contributed by atoms with Gasteiger partial charge in [-0.25, -0.2) is 0 Å². The van der Waals surface area contributed by atoms with Crippen molar-refractivity contribution < 1.29 is 14.7 Å². The van der Waals surface area contributed by atoms with Crippen molar-refractivity contribution >= 4 is 11.7 Å². The molecule has 0 aromatic rings. The maximum atomic E-state index is 12.2. The van der Waals surface area contributed by atoms with Crippen LogP contribution in [0.5, 0.6) is 0 Å². The highest BCUT2D eigenvalue weighted by Gasteiger charge is 2.62. The lowest BCUT2D eigenvalue weighted by molar-refractivity contribution is -0.168. The van der Waals surface area contributed by atoms with Gasteiger partial charge in [-0.3, -0.25) is 9.59 Å². The molecule has 4 unspecified atom stereocenters. The molecule has 4 heteroatoms. The summed E-state index contributed by atoms with van der Waals surface area (Å²) in [7, 11) is 0. The minimum absolute atomic E-state index is 0.179. The Morgan fingerprint density at radius 3 is 2.52 bits per heavy atom. The van der Waals surface area contributed by atoms with Gasteiger partial charge in [0, 0.05) is 25.3 Å². The fourth-order valence-corrected chi connectivity index (χ4v) is 8.94. The van der Waals surface area contributed by atoms with Gasteiger partial charge in [-0.15, -0.1) is 0 Å². The molecule has 4 aliphatic carbocycles. The Bertz CT molecular complexity index is 705. The Kier molecular flexibility index (Phi) is 6.35. The van der Waals surface area contributed by atoms with Gasteiger partial charge < -0.3 is 10.4 Å². The average Bonchev–Trinajstić information content (AvgIpc) is 3.04. The maximum absolute atomic E-state index is 12.2. The van der Waals surface area contributed by atoms with E-state index in [1.54, 1.807) is 0 Å². The van der Waals surface area contributed by atoms with Crippen molar-refractivity contribution in [2.24, 2.45) is 46.3 Å². The third-order valence-corrected chi connectivity index (χ3v) is 10.5. The Hall–Kier alpha value is -0.900. The molecule has 0 aromatic heterocycles. The molecule has 4 saturated carbocycles. The van der Waals surface area contributed by atoms with Crippen molar-refractivity contribution in [3.05, 3.63) is 0 Å². The first-order valence-electron chi connectivity index (χ1n) is 13.1. The topological polar surface area (TPSA) is 66.4 Å². The molecule has 0 saturated heterocycles. The van der Waals surface area contributed by atoms with Crippen molar-refractivity contribution in [1.29, 1.82) is 0 Å². The van der Waals surface area contributed by atoms with Gasteiger partial charge in [0.25, 0.3) is 0 Å². The normalized spacial score (nSPS) is 45.6. The summed E-state index contributed by atoms with van der Waals surface area (Å²) >= 11 is 0. The molecular weight excluding hydrogens is 386 g/mol. The van der Waals surface area contributed by atoms with Crippen LogP contribution in [0, 0.1) is 46.3 Å².